The minimum Gasteiger partial charge on any atom is -0.366 e. The Balaban J connectivity index is 0.00000180. The van der Waals surface area contributed by atoms with Gasteiger partial charge in [0.15, 0.2) is 0 Å². The molecule has 0 aromatic heterocycles. The van der Waals surface area contributed by atoms with Crippen molar-refractivity contribution in [2.75, 3.05) is 13.1 Å². The van der Waals surface area contributed by atoms with Crippen molar-refractivity contribution in [1.29, 1.82) is 0 Å². The van der Waals surface area contributed by atoms with Crippen LogP contribution >= 0.6 is 28.3 Å². The molecule has 0 radical (unpaired) electrons. The van der Waals surface area contributed by atoms with Crippen LogP contribution in [0, 0.1) is 0 Å². The molecule has 0 bridgehead atoms. The summed E-state index contributed by atoms with van der Waals surface area (Å²) in [6.07, 6.45) is -0.111. The summed E-state index contributed by atoms with van der Waals surface area (Å²) in [6, 6.07) is 5.49. The van der Waals surface area contributed by atoms with Gasteiger partial charge in [0.05, 0.1) is 11.7 Å². The van der Waals surface area contributed by atoms with E-state index in [2.05, 4.69) is 26.6 Å². The number of nitrogens with one attached hydrogen (secondary N) is 2. The van der Waals surface area contributed by atoms with E-state index in [4.69, 9.17) is 11.5 Å². The average molecular weight is 350 g/mol. The van der Waals surface area contributed by atoms with Gasteiger partial charge in [0.25, 0.3) is 0 Å². The lowest BCUT2D eigenvalue weighted by atomic mass is 9.89. The Morgan fingerprint density at radius 3 is 2.74 bits per heavy atom. The van der Waals surface area contributed by atoms with Crippen molar-refractivity contribution in [3.63, 3.8) is 0 Å². The quantitative estimate of drug-likeness (QED) is 0.631. The predicted octanol–water partition coefficient (Wildman–Crippen LogP) is 0.663. The fraction of sp³-hybridized carbons (Fsp3) is 0.417. The maximum absolute atomic E-state index is 11.3. The van der Waals surface area contributed by atoms with Gasteiger partial charge in [-0.05, 0) is 30.7 Å². The number of primary amides is 1. The van der Waals surface area contributed by atoms with Gasteiger partial charge in [0, 0.05) is 23.1 Å². The molecule has 5 nitrogen and oxygen atoms in total. The number of rotatable bonds is 2. The number of carbonyl (C=O) groups excluding carboxylic acids is 1. The van der Waals surface area contributed by atoms with Gasteiger partial charge in [-0.3, -0.25) is 10.1 Å². The zero-order valence-electron chi connectivity index (χ0n) is 10.6. The molecule has 1 aliphatic rings. The first-order chi connectivity index (χ1) is 8.40. The molecular weight excluding hydrogens is 332 g/mol. The van der Waals surface area contributed by atoms with Crippen molar-refractivity contribution in [2.24, 2.45) is 11.5 Å². The lowest BCUT2D eigenvalue weighted by Crippen LogP contribution is -2.63. The number of amides is 1. The van der Waals surface area contributed by atoms with Crippen molar-refractivity contribution in [1.82, 2.24) is 10.6 Å². The largest absolute Gasteiger partial charge is 0.366 e. The second kappa shape index (κ2) is 6.19. The third-order valence-electron chi connectivity index (χ3n) is 3.17. The van der Waals surface area contributed by atoms with Crippen molar-refractivity contribution in [3.8, 4) is 0 Å². The van der Waals surface area contributed by atoms with Crippen molar-refractivity contribution >= 4 is 34.2 Å². The van der Waals surface area contributed by atoms with Crippen molar-refractivity contribution < 1.29 is 4.79 Å². The number of carbonyl (C=O) groups is 1. The molecule has 2 rings (SSSR count). The maximum atomic E-state index is 11.3. The van der Waals surface area contributed by atoms with Gasteiger partial charge >= 0.3 is 0 Å². The highest BCUT2D eigenvalue weighted by atomic mass is 79.9. The van der Waals surface area contributed by atoms with Crippen LogP contribution < -0.4 is 22.1 Å². The summed E-state index contributed by atoms with van der Waals surface area (Å²) in [7, 11) is 0. The molecule has 1 saturated heterocycles. The van der Waals surface area contributed by atoms with Crippen LogP contribution in [0.2, 0.25) is 0 Å². The number of piperazine rings is 1. The summed E-state index contributed by atoms with van der Waals surface area (Å²) in [4.78, 5) is 11.3. The van der Waals surface area contributed by atoms with E-state index in [0.29, 0.717) is 5.56 Å². The summed E-state index contributed by atoms with van der Waals surface area (Å²) >= 11 is 3.40. The summed E-state index contributed by atoms with van der Waals surface area (Å²) in [5.41, 5.74) is 12.4. The highest BCUT2D eigenvalue weighted by molar-refractivity contribution is 9.10. The van der Waals surface area contributed by atoms with Crippen LogP contribution in [0.1, 0.15) is 22.8 Å². The first-order valence-electron chi connectivity index (χ1n) is 5.75. The average Bonchev–Trinajstić information content (AvgIpc) is 2.27. The monoisotopic (exact) mass is 348 g/mol. The summed E-state index contributed by atoms with van der Waals surface area (Å²) in [6.45, 7) is 3.52. The molecule has 2 atom stereocenters. The molecule has 0 aliphatic carbocycles. The Bertz CT molecular complexity index is 485. The molecular formula is C12H18BrClN4O. The molecule has 1 fully saturated rings. The van der Waals surface area contributed by atoms with Crippen molar-refractivity contribution in [2.45, 2.75) is 18.6 Å². The van der Waals surface area contributed by atoms with Gasteiger partial charge in [-0.25, -0.2) is 0 Å². The highest BCUT2D eigenvalue weighted by Gasteiger charge is 2.32. The van der Waals surface area contributed by atoms with Gasteiger partial charge in [-0.1, -0.05) is 15.9 Å². The second-order valence-corrected chi connectivity index (χ2v) is 5.72. The standard InChI is InChI=1S/C12H17BrN4O.ClH/c1-12(6-16-5-10(14)17-12)8-2-7(11(15)18)3-9(13)4-8;/h2-4,10,16-17H,5-6,14H2,1H3,(H2,15,18);1H/t10-,12?;/m1./s1. The normalized spacial score (nSPS) is 26.6. The molecule has 106 valence electrons. The Morgan fingerprint density at radius 1 is 1.47 bits per heavy atom. The van der Waals surface area contributed by atoms with E-state index in [0.717, 1.165) is 23.1 Å². The van der Waals surface area contributed by atoms with E-state index < -0.39 is 5.91 Å². The highest BCUT2D eigenvalue weighted by Crippen LogP contribution is 2.26. The Morgan fingerprint density at radius 2 is 2.16 bits per heavy atom. The number of nitrogens with two attached hydrogens (primary N) is 2. The molecule has 1 aliphatic heterocycles. The van der Waals surface area contributed by atoms with Crippen LogP contribution in [0.25, 0.3) is 0 Å². The smallest absolute Gasteiger partial charge is 0.248 e. The van der Waals surface area contributed by atoms with E-state index in [1.807, 2.05) is 13.0 Å². The first-order valence-corrected chi connectivity index (χ1v) is 6.55. The van der Waals surface area contributed by atoms with Crippen LogP contribution in [0.15, 0.2) is 22.7 Å². The van der Waals surface area contributed by atoms with Crippen LogP contribution in [-0.4, -0.2) is 25.2 Å². The summed E-state index contributed by atoms with van der Waals surface area (Å²) < 4.78 is 0.830. The van der Waals surface area contributed by atoms with Crippen molar-refractivity contribution in [3.05, 3.63) is 33.8 Å². The minimum atomic E-state index is -0.436. The van der Waals surface area contributed by atoms with Gasteiger partial charge in [0.2, 0.25) is 5.91 Å². The van der Waals surface area contributed by atoms with E-state index in [1.165, 1.54) is 0 Å². The minimum absolute atomic E-state index is 0. The van der Waals surface area contributed by atoms with E-state index >= 15 is 0 Å². The molecule has 1 aromatic rings. The molecule has 1 heterocycles. The lowest BCUT2D eigenvalue weighted by Gasteiger charge is -2.39. The summed E-state index contributed by atoms with van der Waals surface area (Å²) in [5.74, 6) is -0.436. The molecule has 0 spiro atoms. The molecule has 0 saturated carbocycles. The number of hydrogen-bond donors (Lipinski definition) is 4. The third kappa shape index (κ3) is 3.67. The summed E-state index contributed by atoms with van der Waals surface area (Å²) in [5, 5.41) is 6.62. The molecule has 1 unspecified atom stereocenters. The zero-order chi connectivity index (χ0) is 13.3. The van der Waals surface area contributed by atoms with Crippen LogP contribution in [0.3, 0.4) is 0 Å². The Kier molecular flexibility index (Phi) is 5.34. The molecule has 7 heteroatoms. The third-order valence-corrected chi connectivity index (χ3v) is 3.62. The van der Waals surface area contributed by atoms with Gasteiger partial charge < -0.3 is 16.8 Å². The lowest BCUT2D eigenvalue weighted by molar-refractivity contribution is 0.1000. The van der Waals surface area contributed by atoms with Gasteiger partial charge in [-0.2, -0.15) is 0 Å². The molecule has 6 N–H and O–H groups in total. The first kappa shape index (κ1) is 16.4. The SMILES string of the molecule is CC1(c2cc(Br)cc(C(N)=O)c2)CNC[C@H](N)N1.Cl. The molecule has 19 heavy (non-hydrogen) atoms. The van der Waals surface area contributed by atoms with E-state index in [-0.39, 0.29) is 24.1 Å². The van der Waals surface area contributed by atoms with Crippen LogP contribution in [0.5, 0.6) is 0 Å². The maximum Gasteiger partial charge on any atom is 0.248 e. The van der Waals surface area contributed by atoms with Crippen LogP contribution in [0.4, 0.5) is 0 Å². The zero-order valence-corrected chi connectivity index (χ0v) is 13.0. The Labute approximate surface area is 127 Å². The van der Waals surface area contributed by atoms with Crippen LogP contribution in [-0.2, 0) is 5.54 Å². The Hall–Kier alpha value is -0.660. The van der Waals surface area contributed by atoms with Gasteiger partial charge in [-0.15, -0.1) is 12.4 Å². The predicted molar refractivity (Wildman–Crippen MR) is 81.2 cm³/mol. The second-order valence-electron chi connectivity index (χ2n) is 4.81. The van der Waals surface area contributed by atoms with Gasteiger partial charge in [0.1, 0.15) is 0 Å². The fourth-order valence-corrected chi connectivity index (χ4v) is 2.72. The molecule has 1 aromatic carbocycles. The molecule has 1 amide bonds. The topological polar surface area (TPSA) is 93.2 Å². The number of hydrogen-bond acceptors (Lipinski definition) is 4. The van der Waals surface area contributed by atoms with E-state index in [9.17, 15) is 4.79 Å². The number of benzene rings is 1. The fourth-order valence-electron chi connectivity index (χ4n) is 2.22. The number of halogens is 2. The van der Waals surface area contributed by atoms with E-state index in [1.54, 1.807) is 12.1 Å².